The molecular formula is C29H35NO2S. The molecule has 1 heterocycles. The summed E-state index contributed by atoms with van der Waals surface area (Å²) in [4.78, 5) is 3.67. The standard InChI is InChI=1S/C29H35NO2S/c1-22(23-10-12-24(13-11-23)25-14-16-27(33-4)17-15-25)30-19-18-29(32-21-30,20-28(2,3)31)26-8-6-5-7-9-26/h5-17,22,31H,18-21H2,1-4H3. The molecule has 0 saturated carbocycles. The SMILES string of the molecule is CSc1ccc(-c2ccc(C(C)N3CCC(CC(C)(C)O)(c4ccccc4)OC3)cc2)cc1. The first-order valence-corrected chi connectivity index (χ1v) is 12.9. The molecule has 4 heteroatoms. The van der Waals surface area contributed by atoms with Gasteiger partial charge in [0.15, 0.2) is 0 Å². The summed E-state index contributed by atoms with van der Waals surface area (Å²) < 4.78 is 6.56. The van der Waals surface area contributed by atoms with Crippen molar-refractivity contribution in [3.8, 4) is 11.1 Å². The van der Waals surface area contributed by atoms with Gasteiger partial charge >= 0.3 is 0 Å². The predicted molar refractivity (Wildman–Crippen MR) is 138 cm³/mol. The molecule has 1 saturated heterocycles. The van der Waals surface area contributed by atoms with Gasteiger partial charge in [-0.1, -0.05) is 66.7 Å². The van der Waals surface area contributed by atoms with Crippen LogP contribution in [0.5, 0.6) is 0 Å². The molecule has 1 fully saturated rings. The number of hydrogen-bond acceptors (Lipinski definition) is 4. The second kappa shape index (κ2) is 10.0. The average Bonchev–Trinajstić information content (AvgIpc) is 2.84. The Balaban J connectivity index is 1.46. The van der Waals surface area contributed by atoms with Gasteiger partial charge in [-0.25, -0.2) is 0 Å². The predicted octanol–water partition coefficient (Wildman–Crippen LogP) is 6.87. The Morgan fingerprint density at radius 3 is 2.09 bits per heavy atom. The topological polar surface area (TPSA) is 32.7 Å². The van der Waals surface area contributed by atoms with E-state index in [1.165, 1.54) is 21.6 Å². The maximum atomic E-state index is 10.6. The van der Waals surface area contributed by atoms with Crippen LogP contribution in [-0.2, 0) is 10.3 Å². The quantitative estimate of drug-likeness (QED) is 0.389. The highest BCUT2D eigenvalue weighted by atomic mass is 32.2. The fourth-order valence-electron chi connectivity index (χ4n) is 4.83. The minimum atomic E-state index is -0.798. The molecule has 2 atom stereocenters. The number of rotatable bonds is 7. The van der Waals surface area contributed by atoms with Gasteiger partial charge in [0, 0.05) is 23.9 Å². The number of nitrogens with zero attached hydrogens (tertiary/aromatic N) is 1. The van der Waals surface area contributed by atoms with Gasteiger partial charge < -0.3 is 9.84 Å². The molecule has 3 aromatic carbocycles. The number of thioether (sulfide) groups is 1. The van der Waals surface area contributed by atoms with E-state index in [1.807, 2.05) is 19.9 Å². The van der Waals surface area contributed by atoms with E-state index in [0.29, 0.717) is 13.2 Å². The Hall–Kier alpha value is -2.11. The van der Waals surface area contributed by atoms with Gasteiger partial charge in [0.25, 0.3) is 0 Å². The molecule has 0 radical (unpaired) electrons. The maximum Gasteiger partial charge on any atom is 0.101 e. The van der Waals surface area contributed by atoms with Crippen LogP contribution in [0.15, 0.2) is 83.8 Å². The third kappa shape index (κ3) is 5.70. The minimum Gasteiger partial charge on any atom is -0.390 e. The third-order valence-corrected chi connectivity index (χ3v) is 7.44. The Bertz CT molecular complexity index is 1020. The van der Waals surface area contributed by atoms with Crippen LogP contribution < -0.4 is 0 Å². The average molecular weight is 462 g/mol. The van der Waals surface area contributed by atoms with Gasteiger partial charge in [-0.2, -0.15) is 0 Å². The van der Waals surface area contributed by atoms with Crippen LogP contribution in [0, 0.1) is 0 Å². The lowest BCUT2D eigenvalue weighted by Crippen LogP contribution is -2.48. The summed E-state index contributed by atoms with van der Waals surface area (Å²) in [6.07, 6.45) is 3.53. The second-order valence-corrected chi connectivity index (χ2v) is 10.6. The molecule has 4 rings (SSSR count). The number of ether oxygens (including phenoxy) is 1. The largest absolute Gasteiger partial charge is 0.390 e. The van der Waals surface area contributed by atoms with Gasteiger partial charge in [0.05, 0.1) is 11.2 Å². The third-order valence-electron chi connectivity index (χ3n) is 6.69. The molecular weight excluding hydrogens is 426 g/mol. The number of aliphatic hydroxyl groups is 1. The monoisotopic (exact) mass is 461 g/mol. The van der Waals surface area contributed by atoms with Gasteiger partial charge in [0.1, 0.15) is 6.73 Å². The molecule has 0 aliphatic carbocycles. The summed E-state index contributed by atoms with van der Waals surface area (Å²) in [5.74, 6) is 0. The summed E-state index contributed by atoms with van der Waals surface area (Å²) in [6.45, 7) is 7.45. The lowest BCUT2D eigenvalue weighted by molar-refractivity contribution is -0.177. The Kier molecular flexibility index (Phi) is 7.30. The molecule has 1 aliphatic rings. The molecule has 33 heavy (non-hydrogen) atoms. The van der Waals surface area contributed by atoms with Crippen LogP contribution in [0.3, 0.4) is 0 Å². The van der Waals surface area contributed by atoms with Gasteiger partial charge in [-0.3, -0.25) is 4.90 Å². The summed E-state index contributed by atoms with van der Waals surface area (Å²) in [5, 5.41) is 10.6. The fourth-order valence-corrected chi connectivity index (χ4v) is 5.24. The molecule has 174 valence electrons. The van der Waals surface area contributed by atoms with Gasteiger partial charge in [0.2, 0.25) is 0 Å². The van der Waals surface area contributed by atoms with E-state index in [0.717, 1.165) is 18.5 Å². The van der Waals surface area contributed by atoms with Crippen molar-refractivity contribution >= 4 is 11.8 Å². The first kappa shape index (κ1) is 24.0. The molecule has 2 unspecified atom stereocenters. The van der Waals surface area contributed by atoms with Crippen LogP contribution in [0.1, 0.15) is 50.8 Å². The van der Waals surface area contributed by atoms with Crippen molar-refractivity contribution in [2.75, 3.05) is 19.5 Å². The summed E-state index contributed by atoms with van der Waals surface area (Å²) >= 11 is 1.76. The van der Waals surface area contributed by atoms with Crippen molar-refractivity contribution < 1.29 is 9.84 Å². The maximum absolute atomic E-state index is 10.6. The summed E-state index contributed by atoms with van der Waals surface area (Å²) in [5.41, 5.74) is 3.67. The van der Waals surface area contributed by atoms with E-state index in [2.05, 4.69) is 90.9 Å². The second-order valence-electron chi connectivity index (χ2n) is 9.71. The van der Waals surface area contributed by atoms with E-state index in [4.69, 9.17) is 4.74 Å². The Labute approximate surface area is 202 Å². The Morgan fingerprint density at radius 1 is 0.970 bits per heavy atom. The van der Waals surface area contributed by atoms with Crippen molar-refractivity contribution in [1.82, 2.24) is 4.90 Å². The summed E-state index contributed by atoms with van der Waals surface area (Å²) in [7, 11) is 0. The zero-order valence-electron chi connectivity index (χ0n) is 20.1. The van der Waals surface area contributed by atoms with E-state index < -0.39 is 11.2 Å². The summed E-state index contributed by atoms with van der Waals surface area (Å²) in [6, 6.07) is 28.3. The molecule has 1 aliphatic heterocycles. The molecule has 0 spiro atoms. The van der Waals surface area contributed by atoms with E-state index >= 15 is 0 Å². The van der Waals surface area contributed by atoms with Crippen molar-refractivity contribution in [1.29, 1.82) is 0 Å². The van der Waals surface area contributed by atoms with Gasteiger partial charge in [-0.05, 0) is 67.8 Å². The number of hydrogen-bond donors (Lipinski definition) is 1. The zero-order valence-corrected chi connectivity index (χ0v) is 20.9. The highest BCUT2D eigenvalue weighted by Crippen LogP contribution is 2.41. The van der Waals surface area contributed by atoms with E-state index in [-0.39, 0.29) is 6.04 Å². The van der Waals surface area contributed by atoms with Crippen molar-refractivity contribution in [3.05, 3.63) is 90.0 Å². The van der Waals surface area contributed by atoms with Gasteiger partial charge in [-0.15, -0.1) is 11.8 Å². The van der Waals surface area contributed by atoms with Crippen molar-refractivity contribution in [3.63, 3.8) is 0 Å². The fraction of sp³-hybridized carbons (Fsp3) is 0.379. The van der Waals surface area contributed by atoms with E-state index in [9.17, 15) is 5.11 Å². The van der Waals surface area contributed by atoms with Crippen LogP contribution in [0.25, 0.3) is 11.1 Å². The normalized spacial score (nSPS) is 20.5. The molecule has 0 bridgehead atoms. The van der Waals surface area contributed by atoms with Crippen LogP contribution in [0.4, 0.5) is 0 Å². The van der Waals surface area contributed by atoms with Crippen molar-refractivity contribution in [2.24, 2.45) is 0 Å². The molecule has 0 amide bonds. The smallest absolute Gasteiger partial charge is 0.101 e. The van der Waals surface area contributed by atoms with Crippen LogP contribution in [0.2, 0.25) is 0 Å². The molecule has 1 N–H and O–H groups in total. The lowest BCUT2D eigenvalue weighted by atomic mass is 9.80. The van der Waals surface area contributed by atoms with Crippen LogP contribution in [-0.4, -0.2) is 35.1 Å². The first-order valence-electron chi connectivity index (χ1n) is 11.7. The Morgan fingerprint density at radius 2 is 1.58 bits per heavy atom. The minimum absolute atomic E-state index is 0.258. The number of benzene rings is 3. The highest BCUT2D eigenvalue weighted by Gasteiger charge is 2.42. The molecule has 0 aromatic heterocycles. The van der Waals surface area contributed by atoms with E-state index in [1.54, 1.807) is 11.8 Å². The first-order chi connectivity index (χ1) is 15.8. The molecule has 3 aromatic rings. The highest BCUT2D eigenvalue weighted by molar-refractivity contribution is 7.98. The van der Waals surface area contributed by atoms with Crippen molar-refractivity contribution in [2.45, 2.75) is 55.8 Å². The zero-order chi connectivity index (χ0) is 23.5. The van der Waals surface area contributed by atoms with Crippen LogP contribution >= 0.6 is 11.8 Å². The molecule has 3 nitrogen and oxygen atoms in total. The lowest BCUT2D eigenvalue weighted by Gasteiger charge is -2.46.